The molecule has 1 aliphatic rings. The maximum atomic E-state index is 9.42. The number of phenols is 1. The maximum absolute atomic E-state index is 9.42. The van der Waals surface area contributed by atoms with Crippen LogP contribution in [0.25, 0.3) is 0 Å². The van der Waals surface area contributed by atoms with Crippen molar-refractivity contribution in [1.82, 2.24) is 10.9 Å². The first-order valence-corrected chi connectivity index (χ1v) is 4.96. The third kappa shape index (κ3) is 1.61. The highest BCUT2D eigenvalue weighted by molar-refractivity contribution is 5.36. The Labute approximate surface area is 84.1 Å². The van der Waals surface area contributed by atoms with Gasteiger partial charge in [-0.25, -0.2) is 0 Å². The van der Waals surface area contributed by atoms with E-state index < -0.39 is 0 Å². The Hall–Kier alpha value is -1.06. The van der Waals surface area contributed by atoms with E-state index in [1.807, 2.05) is 19.1 Å². The molecular formula is C11H16N2O. The molecule has 2 unspecified atom stereocenters. The molecule has 1 fully saturated rings. The van der Waals surface area contributed by atoms with Crippen LogP contribution in [0.1, 0.15) is 24.1 Å². The zero-order valence-electron chi connectivity index (χ0n) is 8.54. The molecule has 2 atom stereocenters. The van der Waals surface area contributed by atoms with Crippen LogP contribution in [-0.2, 0) is 0 Å². The summed E-state index contributed by atoms with van der Waals surface area (Å²) in [5, 5.41) is 9.42. The normalized spacial score (nSPS) is 26.7. The molecule has 14 heavy (non-hydrogen) atoms. The van der Waals surface area contributed by atoms with E-state index in [4.69, 9.17) is 0 Å². The Bertz CT molecular complexity index is 338. The van der Waals surface area contributed by atoms with Gasteiger partial charge < -0.3 is 5.11 Å². The van der Waals surface area contributed by atoms with Crippen molar-refractivity contribution in [3.05, 3.63) is 29.3 Å². The van der Waals surface area contributed by atoms with Gasteiger partial charge in [0.1, 0.15) is 5.75 Å². The van der Waals surface area contributed by atoms with E-state index in [9.17, 15) is 5.11 Å². The van der Waals surface area contributed by atoms with Gasteiger partial charge in [0.15, 0.2) is 0 Å². The highest BCUT2D eigenvalue weighted by Crippen LogP contribution is 2.27. The largest absolute Gasteiger partial charge is 0.508 e. The van der Waals surface area contributed by atoms with Crippen LogP contribution in [0.2, 0.25) is 0 Å². The lowest BCUT2D eigenvalue weighted by molar-refractivity contribution is 0.468. The second kappa shape index (κ2) is 3.59. The summed E-state index contributed by atoms with van der Waals surface area (Å²) in [6.45, 7) is 5.12. The predicted molar refractivity (Wildman–Crippen MR) is 55.9 cm³/mol. The molecule has 1 saturated heterocycles. The molecule has 1 aromatic rings. The van der Waals surface area contributed by atoms with E-state index in [2.05, 4.69) is 17.8 Å². The van der Waals surface area contributed by atoms with Gasteiger partial charge in [-0.05, 0) is 30.0 Å². The molecular weight excluding hydrogens is 176 g/mol. The monoisotopic (exact) mass is 192 g/mol. The van der Waals surface area contributed by atoms with Crippen molar-refractivity contribution in [2.75, 3.05) is 6.54 Å². The number of hydrogen-bond acceptors (Lipinski definition) is 3. The highest BCUT2D eigenvalue weighted by Gasteiger charge is 2.24. The minimum absolute atomic E-state index is 0.356. The summed E-state index contributed by atoms with van der Waals surface area (Å²) < 4.78 is 0. The van der Waals surface area contributed by atoms with Crippen LogP contribution in [0.4, 0.5) is 0 Å². The van der Waals surface area contributed by atoms with E-state index >= 15 is 0 Å². The predicted octanol–water partition coefficient (Wildman–Crippen LogP) is 1.49. The van der Waals surface area contributed by atoms with Gasteiger partial charge in [0.25, 0.3) is 0 Å². The van der Waals surface area contributed by atoms with Gasteiger partial charge in [-0.3, -0.25) is 10.9 Å². The van der Waals surface area contributed by atoms with Gasteiger partial charge in [0.2, 0.25) is 0 Å². The molecule has 0 aromatic heterocycles. The second-order valence-electron chi connectivity index (χ2n) is 4.03. The van der Waals surface area contributed by atoms with Crippen LogP contribution in [0.5, 0.6) is 5.75 Å². The van der Waals surface area contributed by atoms with Crippen LogP contribution in [-0.4, -0.2) is 11.7 Å². The van der Waals surface area contributed by atoms with E-state index in [1.165, 1.54) is 5.56 Å². The number of phenolic OH excluding ortho intramolecular Hbond substituents is 1. The van der Waals surface area contributed by atoms with Crippen LogP contribution in [0.3, 0.4) is 0 Å². The highest BCUT2D eigenvalue weighted by atomic mass is 16.3. The Morgan fingerprint density at radius 3 is 2.79 bits per heavy atom. The van der Waals surface area contributed by atoms with Crippen molar-refractivity contribution in [3.63, 3.8) is 0 Å². The molecule has 0 amide bonds. The zero-order valence-corrected chi connectivity index (χ0v) is 8.54. The van der Waals surface area contributed by atoms with Crippen molar-refractivity contribution in [1.29, 1.82) is 0 Å². The van der Waals surface area contributed by atoms with Crippen molar-refractivity contribution < 1.29 is 5.11 Å². The van der Waals surface area contributed by atoms with E-state index in [-0.39, 0.29) is 0 Å². The third-order valence-corrected chi connectivity index (χ3v) is 2.83. The molecule has 1 aromatic carbocycles. The lowest BCUT2D eigenvalue weighted by Gasteiger charge is -2.15. The number of hydrogen-bond donors (Lipinski definition) is 3. The first kappa shape index (κ1) is 9.49. The average Bonchev–Trinajstić information content (AvgIpc) is 2.57. The lowest BCUT2D eigenvalue weighted by Crippen LogP contribution is -2.24. The molecule has 1 heterocycles. The summed E-state index contributed by atoms with van der Waals surface area (Å²) in [7, 11) is 0. The third-order valence-electron chi connectivity index (χ3n) is 2.83. The average molecular weight is 192 g/mol. The lowest BCUT2D eigenvalue weighted by atomic mass is 9.95. The Morgan fingerprint density at radius 1 is 1.43 bits per heavy atom. The van der Waals surface area contributed by atoms with Crippen molar-refractivity contribution in [2.45, 2.75) is 19.9 Å². The van der Waals surface area contributed by atoms with E-state index in [0.29, 0.717) is 17.7 Å². The molecule has 0 saturated carbocycles. The van der Waals surface area contributed by atoms with Crippen LogP contribution in [0.15, 0.2) is 18.2 Å². The Morgan fingerprint density at radius 2 is 2.21 bits per heavy atom. The molecule has 2 rings (SSSR count). The standard InChI is InChI=1S/C11H16N2O/c1-7-5-9(3-4-10(7)14)11-8(2)6-12-13-11/h3-5,8,11-14H,6H2,1-2H3. The molecule has 0 bridgehead atoms. The van der Waals surface area contributed by atoms with Gasteiger partial charge in [-0.1, -0.05) is 19.1 Å². The number of hydrazine groups is 1. The SMILES string of the molecule is Cc1cc(C2NNCC2C)ccc1O. The summed E-state index contributed by atoms with van der Waals surface area (Å²) in [6.07, 6.45) is 0. The quantitative estimate of drug-likeness (QED) is 0.631. The van der Waals surface area contributed by atoms with Crippen LogP contribution in [0, 0.1) is 12.8 Å². The number of nitrogens with one attached hydrogen (secondary N) is 2. The van der Waals surface area contributed by atoms with E-state index in [1.54, 1.807) is 6.07 Å². The maximum Gasteiger partial charge on any atom is 0.118 e. The molecule has 1 aliphatic heterocycles. The Balaban J connectivity index is 2.28. The topological polar surface area (TPSA) is 44.3 Å². The molecule has 3 N–H and O–H groups in total. The van der Waals surface area contributed by atoms with Gasteiger partial charge in [0.05, 0.1) is 6.04 Å². The fraction of sp³-hybridized carbons (Fsp3) is 0.455. The van der Waals surface area contributed by atoms with Crippen LogP contribution < -0.4 is 10.9 Å². The van der Waals surface area contributed by atoms with Crippen molar-refractivity contribution in [2.24, 2.45) is 5.92 Å². The fourth-order valence-electron chi connectivity index (χ4n) is 1.87. The summed E-state index contributed by atoms with van der Waals surface area (Å²) >= 11 is 0. The molecule has 0 aliphatic carbocycles. The number of benzene rings is 1. The molecule has 0 spiro atoms. The van der Waals surface area contributed by atoms with Crippen molar-refractivity contribution in [3.8, 4) is 5.75 Å². The zero-order chi connectivity index (χ0) is 10.1. The van der Waals surface area contributed by atoms with Crippen molar-refractivity contribution >= 4 is 0 Å². The van der Waals surface area contributed by atoms with Gasteiger partial charge in [-0.15, -0.1) is 0 Å². The molecule has 3 nitrogen and oxygen atoms in total. The van der Waals surface area contributed by atoms with Gasteiger partial charge in [-0.2, -0.15) is 0 Å². The number of aryl methyl sites for hydroxylation is 1. The Kier molecular flexibility index (Phi) is 2.44. The molecule has 76 valence electrons. The van der Waals surface area contributed by atoms with Crippen LogP contribution >= 0.6 is 0 Å². The minimum atomic E-state index is 0.356. The summed E-state index contributed by atoms with van der Waals surface area (Å²) in [5.41, 5.74) is 8.55. The summed E-state index contributed by atoms with van der Waals surface area (Å²) in [6, 6.07) is 6.13. The van der Waals surface area contributed by atoms with E-state index in [0.717, 1.165) is 12.1 Å². The molecule has 3 heteroatoms. The molecule has 0 radical (unpaired) electrons. The van der Waals surface area contributed by atoms with Gasteiger partial charge in [0, 0.05) is 6.54 Å². The summed E-state index contributed by atoms with van der Waals surface area (Å²) in [4.78, 5) is 0. The number of aromatic hydroxyl groups is 1. The first-order valence-electron chi connectivity index (χ1n) is 4.96. The smallest absolute Gasteiger partial charge is 0.118 e. The second-order valence-corrected chi connectivity index (χ2v) is 4.03. The summed E-state index contributed by atoms with van der Waals surface area (Å²) in [5.74, 6) is 0.950. The van der Waals surface area contributed by atoms with Gasteiger partial charge >= 0.3 is 0 Å². The first-order chi connectivity index (χ1) is 6.68. The minimum Gasteiger partial charge on any atom is -0.508 e. The fourth-order valence-corrected chi connectivity index (χ4v) is 1.87. The number of rotatable bonds is 1.